The summed E-state index contributed by atoms with van der Waals surface area (Å²) in [6, 6.07) is 0. The zero-order valence-corrected chi connectivity index (χ0v) is 6.37. The highest BCUT2D eigenvalue weighted by molar-refractivity contribution is 5.91. The molecule has 0 heterocycles. The molecule has 0 atom stereocenters. The number of imide groups is 1. The summed E-state index contributed by atoms with van der Waals surface area (Å²) < 4.78 is 4.67. The predicted molar refractivity (Wildman–Crippen MR) is 41.5 cm³/mol. The number of hydrogen-bond acceptors (Lipinski definition) is 3. The summed E-state index contributed by atoms with van der Waals surface area (Å²) in [4.78, 5) is 20.5. The van der Waals surface area contributed by atoms with Gasteiger partial charge in [-0.3, -0.25) is 10.1 Å². The van der Waals surface area contributed by atoms with Crippen LogP contribution in [-0.2, 0) is 9.53 Å². The summed E-state index contributed by atoms with van der Waals surface area (Å²) in [5.74, 6) is -0.527. The highest BCUT2D eigenvalue weighted by atomic mass is 16.5. The van der Waals surface area contributed by atoms with Gasteiger partial charge in [0.15, 0.2) is 6.61 Å². The first-order valence-corrected chi connectivity index (χ1v) is 3.03. The van der Waals surface area contributed by atoms with Crippen LogP contribution in [0.3, 0.4) is 0 Å². The number of hydrogen-bond donors (Lipinski definition) is 2. The van der Waals surface area contributed by atoms with E-state index in [1.54, 1.807) is 5.32 Å². The first-order chi connectivity index (χ1) is 5.56. The second-order valence-electron chi connectivity index (χ2n) is 1.81. The van der Waals surface area contributed by atoms with Crippen LogP contribution in [0.15, 0.2) is 25.0 Å². The molecule has 0 aliphatic heterocycles. The average Bonchev–Trinajstić information content (AvgIpc) is 1.99. The Balaban J connectivity index is 3.64. The number of ether oxygens (including phenoxy) is 1. The van der Waals surface area contributed by atoms with Crippen molar-refractivity contribution < 1.29 is 19.4 Å². The number of nitrogens with one attached hydrogen (secondary N) is 1. The fourth-order valence-corrected chi connectivity index (χ4v) is 0.373. The Morgan fingerprint density at radius 3 is 2.58 bits per heavy atom. The third-order valence-corrected chi connectivity index (χ3v) is 0.863. The minimum atomic E-state index is -1.41. The number of allylic oxidation sites excluding steroid dienone is 1. The maximum Gasteiger partial charge on any atom is 0.411 e. The Bertz CT molecular complexity index is 221. The van der Waals surface area contributed by atoms with Crippen LogP contribution in [0.4, 0.5) is 4.79 Å². The van der Waals surface area contributed by atoms with Gasteiger partial charge < -0.3 is 9.84 Å². The van der Waals surface area contributed by atoms with Gasteiger partial charge in [0, 0.05) is 0 Å². The summed E-state index contributed by atoms with van der Waals surface area (Å²) in [5.41, 5.74) is 0. The molecule has 12 heavy (non-hydrogen) atoms. The molecular weight excluding hydrogens is 162 g/mol. The summed E-state index contributed by atoms with van der Waals surface area (Å²) in [7, 11) is 0. The lowest BCUT2D eigenvalue weighted by atomic mass is 10.5. The van der Waals surface area contributed by atoms with Crippen molar-refractivity contribution in [1.29, 1.82) is 0 Å². The molecule has 5 nitrogen and oxygen atoms in total. The smallest absolute Gasteiger partial charge is 0.411 e. The van der Waals surface area contributed by atoms with E-state index in [-0.39, 0.29) is 12.4 Å². The molecule has 0 spiro atoms. The van der Waals surface area contributed by atoms with E-state index in [1.807, 2.05) is 0 Å². The van der Waals surface area contributed by atoms with Crippen LogP contribution in [0.1, 0.15) is 0 Å². The predicted octanol–water partition coefficient (Wildman–Crippen LogP) is 0.497. The van der Waals surface area contributed by atoms with Gasteiger partial charge in [0.1, 0.15) is 5.76 Å². The molecule has 0 bridgehead atoms. The molecule has 5 heteroatoms. The van der Waals surface area contributed by atoms with Crippen LogP contribution in [0.2, 0.25) is 0 Å². The molecule has 0 rings (SSSR count). The molecule has 0 saturated heterocycles. The van der Waals surface area contributed by atoms with Crippen molar-refractivity contribution >= 4 is 12.0 Å². The molecule has 0 aromatic rings. The Labute approximate surface area is 69.3 Å². The van der Waals surface area contributed by atoms with Crippen molar-refractivity contribution in [3.8, 4) is 0 Å². The Morgan fingerprint density at radius 1 is 1.58 bits per heavy atom. The lowest BCUT2D eigenvalue weighted by Crippen LogP contribution is -2.31. The van der Waals surface area contributed by atoms with E-state index in [4.69, 9.17) is 5.11 Å². The van der Waals surface area contributed by atoms with Crippen molar-refractivity contribution in [3.63, 3.8) is 0 Å². The van der Waals surface area contributed by atoms with Crippen molar-refractivity contribution in [2.24, 2.45) is 0 Å². The van der Waals surface area contributed by atoms with Crippen LogP contribution in [0.25, 0.3) is 0 Å². The largest absolute Gasteiger partial charge is 0.484 e. The molecule has 0 aromatic carbocycles. The summed E-state index contributed by atoms with van der Waals surface area (Å²) in [6.07, 6.45) is -0.0959. The van der Waals surface area contributed by atoms with Crippen molar-refractivity contribution in [1.82, 2.24) is 5.32 Å². The summed E-state index contributed by atoms with van der Waals surface area (Å²) in [5, 5.41) is 9.68. The lowest BCUT2D eigenvalue weighted by molar-refractivity contribution is -0.123. The van der Waals surface area contributed by atoms with E-state index in [2.05, 4.69) is 17.9 Å². The van der Waals surface area contributed by atoms with E-state index in [0.29, 0.717) is 0 Å². The zero-order chi connectivity index (χ0) is 9.56. The Morgan fingerprint density at radius 2 is 2.17 bits per heavy atom. The minimum Gasteiger partial charge on any atom is -0.484 e. The molecule has 0 radical (unpaired) electrons. The fraction of sp³-hybridized carbons (Fsp3) is 0.143. The summed E-state index contributed by atoms with van der Waals surface area (Å²) >= 11 is 0. The van der Waals surface area contributed by atoms with Crippen LogP contribution in [-0.4, -0.2) is 23.7 Å². The molecule has 0 unspecified atom stereocenters. The second-order valence-corrected chi connectivity index (χ2v) is 1.81. The SMILES string of the molecule is C=CC(=C)OCC(=O)NC(=O)O. The maximum absolute atomic E-state index is 10.6. The van der Waals surface area contributed by atoms with E-state index in [9.17, 15) is 9.59 Å². The lowest BCUT2D eigenvalue weighted by Gasteiger charge is -2.02. The molecule has 0 aliphatic rings. The zero-order valence-electron chi connectivity index (χ0n) is 6.37. The van der Waals surface area contributed by atoms with Crippen molar-refractivity contribution in [2.45, 2.75) is 0 Å². The van der Waals surface area contributed by atoms with Gasteiger partial charge in [-0.2, -0.15) is 0 Å². The van der Waals surface area contributed by atoms with Gasteiger partial charge >= 0.3 is 6.09 Å². The highest BCUT2D eigenvalue weighted by Crippen LogP contribution is 1.91. The Hall–Kier alpha value is -1.78. The first kappa shape index (κ1) is 10.2. The number of carbonyl (C=O) groups is 2. The van der Waals surface area contributed by atoms with Gasteiger partial charge in [0.2, 0.25) is 0 Å². The molecule has 0 fully saturated rings. The number of rotatable bonds is 4. The van der Waals surface area contributed by atoms with Gasteiger partial charge in [-0.05, 0) is 6.08 Å². The third kappa shape index (κ3) is 5.04. The molecule has 2 amide bonds. The van der Waals surface area contributed by atoms with Crippen molar-refractivity contribution in [2.75, 3.05) is 6.61 Å². The van der Waals surface area contributed by atoms with Crippen molar-refractivity contribution in [3.05, 3.63) is 25.0 Å². The number of carboxylic acid groups (broad SMARTS) is 1. The van der Waals surface area contributed by atoms with Crippen LogP contribution in [0.5, 0.6) is 0 Å². The van der Waals surface area contributed by atoms with Crippen LogP contribution >= 0.6 is 0 Å². The van der Waals surface area contributed by atoms with E-state index in [1.165, 1.54) is 6.08 Å². The van der Waals surface area contributed by atoms with Gasteiger partial charge in [0.05, 0.1) is 0 Å². The molecular formula is C7H9NO4. The standard InChI is InChI=1S/C7H9NO4/c1-3-5(2)12-4-6(9)8-7(10)11/h3H,1-2,4H2,(H,8,9)(H,10,11). The van der Waals surface area contributed by atoms with E-state index < -0.39 is 12.0 Å². The fourth-order valence-electron chi connectivity index (χ4n) is 0.373. The minimum absolute atomic E-state index is 0.218. The second kappa shape index (κ2) is 4.95. The van der Waals surface area contributed by atoms with Crippen LogP contribution in [0, 0.1) is 0 Å². The molecule has 2 N–H and O–H groups in total. The highest BCUT2D eigenvalue weighted by Gasteiger charge is 2.04. The number of amides is 2. The van der Waals surface area contributed by atoms with E-state index in [0.717, 1.165) is 0 Å². The van der Waals surface area contributed by atoms with Crippen LogP contribution < -0.4 is 5.32 Å². The van der Waals surface area contributed by atoms with Gasteiger partial charge in [0.25, 0.3) is 5.91 Å². The third-order valence-electron chi connectivity index (χ3n) is 0.863. The molecule has 0 aromatic heterocycles. The maximum atomic E-state index is 10.6. The first-order valence-electron chi connectivity index (χ1n) is 3.03. The molecule has 0 aliphatic carbocycles. The van der Waals surface area contributed by atoms with Gasteiger partial charge in [-0.15, -0.1) is 0 Å². The normalized spacial score (nSPS) is 8.33. The molecule has 0 saturated carbocycles. The van der Waals surface area contributed by atoms with E-state index >= 15 is 0 Å². The topological polar surface area (TPSA) is 75.6 Å². The van der Waals surface area contributed by atoms with Gasteiger partial charge in [-0.25, -0.2) is 4.79 Å². The molecule has 66 valence electrons. The average molecular weight is 171 g/mol. The quantitative estimate of drug-likeness (QED) is 0.477. The van der Waals surface area contributed by atoms with Gasteiger partial charge in [-0.1, -0.05) is 13.2 Å². The Kier molecular flexibility index (Phi) is 4.21. The summed E-state index contributed by atoms with van der Waals surface area (Å²) in [6.45, 7) is 6.31. The monoisotopic (exact) mass is 171 g/mol. The number of carbonyl (C=O) groups excluding carboxylic acids is 1.